The van der Waals surface area contributed by atoms with Crippen LogP contribution in [-0.2, 0) is 23.1 Å². The number of carbonyl (C=O) groups excluding carboxylic acids is 2. The molecule has 1 fully saturated rings. The van der Waals surface area contributed by atoms with Gasteiger partial charge in [-0.05, 0) is 31.5 Å². The second-order valence-corrected chi connectivity index (χ2v) is 10.6. The zero-order chi connectivity index (χ0) is 29.6. The molecule has 5 rings (SSSR count). The summed E-state index contributed by atoms with van der Waals surface area (Å²) in [6.45, 7) is 5.26. The van der Waals surface area contributed by atoms with Crippen molar-refractivity contribution in [2.75, 3.05) is 30.0 Å². The Hall–Kier alpha value is -4.13. The Kier molecular flexibility index (Phi) is 7.64. The number of fused-ring (bicyclic) bond motifs is 1. The Balaban J connectivity index is 1.53. The number of rotatable bonds is 6. The third-order valence-corrected chi connectivity index (χ3v) is 7.64. The van der Waals surface area contributed by atoms with Crippen molar-refractivity contribution < 1.29 is 19.4 Å². The molecule has 4 aromatic rings. The van der Waals surface area contributed by atoms with Crippen molar-refractivity contribution in [2.24, 2.45) is 12.8 Å². The summed E-state index contributed by atoms with van der Waals surface area (Å²) < 4.78 is 8.40. The zero-order valence-electron chi connectivity index (χ0n) is 22.4. The predicted octanol–water partition coefficient (Wildman–Crippen LogP) is 3.08. The molecule has 4 heterocycles. The number of amides is 2. The monoisotopic (exact) mass is 599 g/mol. The van der Waals surface area contributed by atoms with Crippen LogP contribution in [-0.4, -0.2) is 61.8 Å². The number of benzene rings is 1. The van der Waals surface area contributed by atoms with Gasteiger partial charge >= 0.3 is 0 Å². The Morgan fingerprint density at radius 2 is 2.00 bits per heavy atom. The lowest BCUT2D eigenvalue weighted by Gasteiger charge is -2.34. The van der Waals surface area contributed by atoms with E-state index in [4.69, 9.17) is 33.7 Å². The number of aryl methyl sites for hydroxylation is 1. The number of hydrogen-bond donors (Lipinski definition) is 3. The number of aromatic nitrogens is 4. The first kappa shape index (κ1) is 28.4. The Morgan fingerprint density at radius 3 is 2.71 bits per heavy atom. The SMILES string of the molecule is Cc1nc2c(c(-c3cc(Cl)c(O)c(C(N)=O)c3)cn2CC(=O)Nc2cc(N3CCOC[C@@H]3C)ncc2Cl)c(=O)n1C. The maximum Gasteiger partial charge on any atom is 0.263 e. The number of nitrogens with two attached hydrogens (primary N) is 1. The molecule has 214 valence electrons. The molecule has 3 aromatic heterocycles. The summed E-state index contributed by atoms with van der Waals surface area (Å²) in [6, 6.07) is 4.56. The van der Waals surface area contributed by atoms with Gasteiger partial charge in [-0.1, -0.05) is 23.2 Å². The van der Waals surface area contributed by atoms with Crippen molar-refractivity contribution in [3.05, 3.63) is 62.4 Å². The highest BCUT2D eigenvalue weighted by Crippen LogP contribution is 2.36. The average molecular weight is 600 g/mol. The van der Waals surface area contributed by atoms with Crippen molar-refractivity contribution in [3.8, 4) is 16.9 Å². The van der Waals surface area contributed by atoms with Gasteiger partial charge < -0.3 is 30.4 Å². The van der Waals surface area contributed by atoms with Crippen molar-refractivity contribution in [3.63, 3.8) is 0 Å². The first-order valence-electron chi connectivity index (χ1n) is 12.6. The highest BCUT2D eigenvalue weighted by Gasteiger charge is 2.23. The Morgan fingerprint density at radius 1 is 1.24 bits per heavy atom. The molecule has 1 saturated heterocycles. The van der Waals surface area contributed by atoms with Crippen molar-refractivity contribution in [1.29, 1.82) is 0 Å². The van der Waals surface area contributed by atoms with Gasteiger partial charge in [0.25, 0.3) is 11.5 Å². The fraction of sp³-hybridized carbons (Fsp3) is 0.296. The summed E-state index contributed by atoms with van der Waals surface area (Å²) in [5, 5.41) is 13.4. The first-order valence-corrected chi connectivity index (χ1v) is 13.4. The second kappa shape index (κ2) is 11.0. The molecule has 1 atom stereocenters. The molecule has 0 saturated carbocycles. The van der Waals surface area contributed by atoms with E-state index in [0.717, 1.165) is 0 Å². The molecule has 1 aliphatic rings. The maximum atomic E-state index is 13.4. The fourth-order valence-corrected chi connectivity index (χ4v) is 5.16. The minimum absolute atomic E-state index is 0.103. The molecule has 4 N–H and O–H groups in total. The van der Waals surface area contributed by atoms with Gasteiger partial charge in [-0.3, -0.25) is 19.0 Å². The number of pyridine rings is 1. The molecular weight excluding hydrogens is 573 g/mol. The van der Waals surface area contributed by atoms with Gasteiger partial charge in [-0.15, -0.1) is 0 Å². The van der Waals surface area contributed by atoms with Crippen molar-refractivity contribution >= 4 is 57.6 Å². The van der Waals surface area contributed by atoms with Crippen molar-refractivity contribution in [1.82, 2.24) is 19.1 Å². The number of anilines is 2. The molecule has 0 unspecified atom stereocenters. The van der Waals surface area contributed by atoms with E-state index in [2.05, 4.69) is 20.2 Å². The number of morpholine rings is 1. The molecule has 1 aromatic carbocycles. The number of halogens is 2. The number of ether oxygens (including phenoxy) is 1. The number of carbonyl (C=O) groups is 2. The minimum atomic E-state index is -0.892. The van der Waals surface area contributed by atoms with E-state index in [1.165, 1.54) is 27.5 Å². The molecule has 0 aliphatic carbocycles. The first-order chi connectivity index (χ1) is 19.5. The maximum absolute atomic E-state index is 13.4. The fourth-order valence-electron chi connectivity index (χ4n) is 4.79. The van der Waals surface area contributed by atoms with Crippen LogP contribution in [0.15, 0.2) is 35.4 Å². The second-order valence-electron chi connectivity index (χ2n) is 9.80. The van der Waals surface area contributed by atoms with Gasteiger partial charge in [0, 0.05) is 31.4 Å². The van der Waals surface area contributed by atoms with E-state index >= 15 is 0 Å². The van der Waals surface area contributed by atoms with E-state index in [0.29, 0.717) is 48.2 Å². The quantitative estimate of drug-likeness (QED) is 0.305. The van der Waals surface area contributed by atoms with Gasteiger partial charge in [-0.2, -0.15) is 0 Å². The van der Waals surface area contributed by atoms with Gasteiger partial charge in [0.15, 0.2) is 0 Å². The van der Waals surface area contributed by atoms with Crippen LogP contribution >= 0.6 is 23.2 Å². The summed E-state index contributed by atoms with van der Waals surface area (Å²) in [6.07, 6.45) is 3.05. The smallest absolute Gasteiger partial charge is 0.263 e. The lowest BCUT2D eigenvalue weighted by atomic mass is 10.0. The van der Waals surface area contributed by atoms with E-state index in [9.17, 15) is 19.5 Å². The number of aromatic hydroxyl groups is 1. The lowest BCUT2D eigenvalue weighted by molar-refractivity contribution is -0.116. The minimum Gasteiger partial charge on any atom is -0.506 e. The summed E-state index contributed by atoms with van der Waals surface area (Å²) in [7, 11) is 1.58. The third-order valence-electron chi connectivity index (χ3n) is 7.05. The number of hydrogen-bond acceptors (Lipinski definition) is 8. The molecule has 1 aliphatic heterocycles. The summed E-state index contributed by atoms with van der Waals surface area (Å²) >= 11 is 12.5. The molecule has 2 amide bonds. The summed E-state index contributed by atoms with van der Waals surface area (Å²) in [5.41, 5.74) is 6.18. The molecular formula is C27H27Cl2N7O5. The molecule has 12 nitrogen and oxygen atoms in total. The number of nitrogens with zero attached hydrogens (tertiary/aromatic N) is 5. The Bertz CT molecular complexity index is 1770. The van der Waals surface area contributed by atoms with Crippen LogP contribution in [0.3, 0.4) is 0 Å². The van der Waals surface area contributed by atoms with Crippen LogP contribution in [0.1, 0.15) is 23.1 Å². The summed E-state index contributed by atoms with van der Waals surface area (Å²) in [5.74, 6) is -0.699. The normalized spacial score (nSPS) is 15.3. The average Bonchev–Trinajstić information content (AvgIpc) is 3.27. The van der Waals surface area contributed by atoms with Gasteiger partial charge in [-0.25, -0.2) is 9.97 Å². The van der Waals surface area contributed by atoms with Crippen molar-refractivity contribution in [2.45, 2.75) is 26.4 Å². The van der Waals surface area contributed by atoms with Crippen LogP contribution in [0.25, 0.3) is 22.2 Å². The largest absolute Gasteiger partial charge is 0.506 e. The van der Waals surface area contributed by atoms with Gasteiger partial charge in [0.1, 0.15) is 29.6 Å². The van der Waals surface area contributed by atoms with Crippen LogP contribution in [0.2, 0.25) is 10.0 Å². The number of phenols is 1. The van der Waals surface area contributed by atoms with Gasteiger partial charge in [0.2, 0.25) is 5.91 Å². The predicted molar refractivity (Wildman–Crippen MR) is 156 cm³/mol. The molecule has 41 heavy (non-hydrogen) atoms. The van der Waals surface area contributed by atoms with Crippen LogP contribution in [0, 0.1) is 6.92 Å². The molecule has 0 radical (unpaired) electrons. The third kappa shape index (κ3) is 5.33. The van der Waals surface area contributed by atoms with Gasteiger partial charge in [0.05, 0.1) is 52.1 Å². The van der Waals surface area contributed by atoms with Crippen LogP contribution in [0.4, 0.5) is 11.5 Å². The highest BCUT2D eigenvalue weighted by atomic mass is 35.5. The highest BCUT2D eigenvalue weighted by molar-refractivity contribution is 6.34. The topological polar surface area (TPSA) is 158 Å². The van der Waals surface area contributed by atoms with Crippen LogP contribution < -0.4 is 21.5 Å². The molecule has 0 bridgehead atoms. The number of nitrogens with one attached hydrogen (secondary N) is 1. The zero-order valence-corrected chi connectivity index (χ0v) is 24.0. The van der Waals surface area contributed by atoms with E-state index in [1.807, 2.05) is 6.92 Å². The van der Waals surface area contributed by atoms with Crippen LogP contribution in [0.5, 0.6) is 5.75 Å². The number of primary amides is 1. The molecule has 0 spiro atoms. The molecule has 14 heteroatoms. The summed E-state index contributed by atoms with van der Waals surface area (Å²) in [4.78, 5) is 49.6. The standard InChI is InChI=1S/C27H27Cl2N7O5/c1-13-12-41-5-4-36(13)21-8-20(19(29)9-31-21)33-22(37)11-35-10-17(23-26(35)32-14(2)34(3)27(23)40)15-6-16(25(30)39)24(38)18(28)7-15/h6-10,13,38H,4-5,11-12H2,1-3H3,(H2,30,39)(H,31,33,37)/t13-/m0/s1. The van der Waals surface area contributed by atoms with E-state index in [-0.39, 0.29) is 44.8 Å². The lowest BCUT2D eigenvalue weighted by Crippen LogP contribution is -2.44. The van der Waals surface area contributed by atoms with E-state index < -0.39 is 17.6 Å². The Labute approximate surface area is 244 Å². The van der Waals surface area contributed by atoms with E-state index in [1.54, 1.807) is 26.2 Å².